The molecule has 8 nitrogen and oxygen atoms in total. The highest BCUT2D eigenvalue weighted by atomic mass is 32.2. The number of likely N-dealkylation sites (N-methyl/N-ethyl adjacent to an activating group) is 1. The summed E-state index contributed by atoms with van der Waals surface area (Å²) in [6.45, 7) is 6.49. The van der Waals surface area contributed by atoms with Gasteiger partial charge in [-0.15, -0.1) is 0 Å². The van der Waals surface area contributed by atoms with E-state index in [2.05, 4.69) is 4.90 Å². The van der Waals surface area contributed by atoms with E-state index in [1.54, 1.807) is 18.2 Å². The van der Waals surface area contributed by atoms with E-state index in [-0.39, 0.29) is 29.3 Å². The first-order valence-corrected chi connectivity index (χ1v) is 12.5. The first-order chi connectivity index (χ1) is 17.4. The predicted octanol–water partition coefficient (Wildman–Crippen LogP) is 5.39. The van der Waals surface area contributed by atoms with Crippen LogP contribution < -0.4 is 9.04 Å². The SMILES string of the molecule is CCN(CC)CC=Cc1cc(F)ccc1N(c1ccc2c(c1C(=O)OC)OCc1occc1-2)S(=O)O. The maximum Gasteiger partial charge on any atom is 0.343 e. The maximum absolute atomic E-state index is 14.2. The highest BCUT2D eigenvalue weighted by molar-refractivity contribution is 7.81. The third kappa shape index (κ3) is 4.92. The van der Waals surface area contributed by atoms with E-state index in [0.29, 0.717) is 23.4 Å². The van der Waals surface area contributed by atoms with Crippen molar-refractivity contribution in [1.29, 1.82) is 0 Å². The zero-order valence-corrected chi connectivity index (χ0v) is 21.0. The lowest BCUT2D eigenvalue weighted by molar-refractivity contribution is 0.0596. The molecule has 3 aromatic rings. The standard InChI is InChI=1S/C26H27FN2O6S/c1-4-28(5-2)13-6-7-17-15-18(27)8-10-21(17)29(36(31)32)22-11-9-20-19-12-14-34-23(19)16-35-25(20)24(22)26(30)33-3/h6-12,14-15H,4-5,13,16H2,1-3H3,(H,31,32). The van der Waals surface area contributed by atoms with Crippen molar-refractivity contribution < 1.29 is 31.8 Å². The Morgan fingerprint density at radius 2 is 1.92 bits per heavy atom. The summed E-state index contributed by atoms with van der Waals surface area (Å²) in [5, 5.41) is 0. The number of methoxy groups -OCH3 is 1. The molecule has 0 saturated carbocycles. The van der Waals surface area contributed by atoms with Crippen LogP contribution in [0.4, 0.5) is 15.8 Å². The Hall–Kier alpha value is -3.47. The number of halogens is 1. The van der Waals surface area contributed by atoms with Gasteiger partial charge in [0.25, 0.3) is 11.3 Å². The molecular formula is C26H27FN2O6S. The van der Waals surface area contributed by atoms with Gasteiger partial charge in [-0.1, -0.05) is 26.0 Å². The molecule has 190 valence electrons. The van der Waals surface area contributed by atoms with E-state index < -0.39 is 23.1 Å². The molecule has 1 aliphatic heterocycles. The predicted molar refractivity (Wildman–Crippen MR) is 136 cm³/mol. The van der Waals surface area contributed by atoms with Crippen LogP contribution in [0.2, 0.25) is 0 Å². The normalized spacial score (nSPS) is 13.3. The minimum absolute atomic E-state index is 0.0216. The summed E-state index contributed by atoms with van der Waals surface area (Å²) in [5.41, 5.74) is 2.02. The van der Waals surface area contributed by atoms with Gasteiger partial charge in [0.05, 0.1) is 24.7 Å². The van der Waals surface area contributed by atoms with Crippen molar-refractivity contribution in [3.63, 3.8) is 0 Å². The molecule has 1 unspecified atom stereocenters. The van der Waals surface area contributed by atoms with E-state index >= 15 is 0 Å². The number of hydrogen-bond donors (Lipinski definition) is 1. The highest BCUT2D eigenvalue weighted by Gasteiger charge is 2.32. The second kappa shape index (κ2) is 11.1. The zero-order valence-electron chi connectivity index (χ0n) is 20.2. The fraction of sp³-hybridized carbons (Fsp3) is 0.269. The van der Waals surface area contributed by atoms with Crippen molar-refractivity contribution in [2.24, 2.45) is 0 Å². The van der Waals surface area contributed by atoms with Gasteiger partial charge in [0, 0.05) is 23.2 Å². The van der Waals surface area contributed by atoms with Gasteiger partial charge in [-0.3, -0.25) is 4.55 Å². The molecule has 1 aromatic heterocycles. The molecule has 0 saturated heterocycles. The third-order valence-electron chi connectivity index (χ3n) is 6.05. The van der Waals surface area contributed by atoms with Crippen molar-refractivity contribution in [2.45, 2.75) is 20.5 Å². The van der Waals surface area contributed by atoms with Gasteiger partial charge in [0.2, 0.25) is 0 Å². The van der Waals surface area contributed by atoms with Crippen LogP contribution in [-0.2, 0) is 22.6 Å². The average molecular weight is 515 g/mol. The summed E-state index contributed by atoms with van der Waals surface area (Å²) in [7, 11) is 1.22. The largest absolute Gasteiger partial charge is 0.484 e. The second-order valence-electron chi connectivity index (χ2n) is 7.99. The first-order valence-electron chi connectivity index (χ1n) is 11.4. The Morgan fingerprint density at radius 1 is 1.17 bits per heavy atom. The van der Waals surface area contributed by atoms with E-state index in [9.17, 15) is 17.9 Å². The Morgan fingerprint density at radius 3 is 2.61 bits per heavy atom. The Labute approximate surface area is 211 Å². The number of fused-ring (bicyclic) bond motifs is 3. The molecule has 0 bridgehead atoms. The molecule has 2 aromatic carbocycles. The van der Waals surface area contributed by atoms with Crippen LogP contribution in [-0.4, -0.2) is 46.4 Å². The molecule has 1 atom stereocenters. The van der Waals surface area contributed by atoms with Gasteiger partial charge >= 0.3 is 5.97 Å². The summed E-state index contributed by atoms with van der Waals surface area (Å²) in [5.74, 6) is -0.429. The van der Waals surface area contributed by atoms with Crippen LogP contribution in [0.5, 0.6) is 5.75 Å². The van der Waals surface area contributed by atoms with Gasteiger partial charge in [-0.05, 0) is 49.5 Å². The number of benzene rings is 2. The van der Waals surface area contributed by atoms with Crippen molar-refractivity contribution in [2.75, 3.05) is 31.0 Å². The van der Waals surface area contributed by atoms with Crippen LogP contribution in [0.25, 0.3) is 17.2 Å². The van der Waals surface area contributed by atoms with E-state index in [0.717, 1.165) is 23.0 Å². The first kappa shape index (κ1) is 25.6. The van der Waals surface area contributed by atoms with Crippen molar-refractivity contribution in [3.05, 3.63) is 71.4 Å². The number of rotatable bonds is 9. The summed E-state index contributed by atoms with van der Waals surface area (Å²) >= 11 is -2.62. The lowest BCUT2D eigenvalue weighted by Gasteiger charge is -2.27. The van der Waals surface area contributed by atoms with Crippen LogP contribution in [0.1, 0.15) is 35.5 Å². The average Bonchev–Trinajstić information content (AvgIpc) is 3.36. The minimum atomic E-state index is -2.62. The molecule has 10 heteroatoms. The van der Waals surface area contributed by atoms with Crippen molar-refractivity contribution in [3.8, 4) is 16.9 Å². The topological polar surface area (TPSA) is 92.5 Å². The Kier molecular flexibility index (Phi) is 7.88. The van der Waals surface area contributed by atoms with E-state index in [1.807, 2.05) is 19.9 Å². The molecular weight excluding hydrogens is 487 g/mol. The fourth-order valence-electron chi connectivity index (χ4n) is 4.19. The molecule has 0 amide bonds. The monoisotopic (exact) mass is 514 g/mol. The zero-order chi connectivity index (χ0) is 25.8. The lowest BCUT2D eigenvalue weighted by atomic mass is 9.98. The molecule has 0 aliphatic carbocycles. The minimum Gasteiger partial charge on any atom is -0.484 e. The summed E-state index contributed by atoms with van der Waals surface area (Å²) in [6.07, 6.45) is 5.09. The molecule has 0 spiro atoms. The quantitative estimate of drug-likeness (QED) is 0.302. The Balaban J connectivity index is 1.86. The molecule has 0 radical (unpaired) electrons. The van der Waals surface area contributed by atoms with Crippen LogP contribution in [0, 0.1) is 5.82 Å². The van der Waals surface area contributed by atoms with Crippen molar-refractivity contribution >= 4 is 34.7 Å². The second-order valence-corrected chi connectivity index (χ2v) is 8.82. The lowest BCUT2D eigenvalue weighted by Crippen LogP contribution is -2.24. The third-order valence-corrected chi connectivity index (χ3v) is 6.75. The molecule has 1 N–H and O–H groups in total. The van der Waals surface area contributed by atoms with Crippen LogP contribution >= 0.6 is 0 Å². The van der Waals surface area contributed by atoms with Crippen LogP contribution in [0.3, 0.4) is 0 Å². The molecule has 36 heavy (non-hydrogen) atoms. The number of carbonyl (C=O) groups is 1. The van der Waals surface area contributed by atoms with Gasteiger partial charge in [-0.2, -0.15) is 0 Å². The van der Waals surface area contributed by atoms with Gasteiger partial charge in [0.1, 0.15) is 29.5 Å². The van der Waals surface area contributed by atoms with E-state index in [1.165, 1.54) is 37.6 Å². The molecule has 4 rings (SSSR count). The van der Waals surface area contributed by atoms with Gasteiger partial charge in [-0.25, -0.2) is 17.7 Å². The fourth-order valence-corrected chi connectivity index (χ4v) is 4.84. The molecule has 1 aliphatic rings. The summed E-state index contributed by atoms with van der Waals surface area (Å²) in [4.78, 5) is 15.1. The molecule has 2 heterocycles. The maximum atomic E-state index is 14.2. The number of ether oxygens (including phenoxy) is 2. The van der Waals surface area contributed by atoms with Crippen LogP contribution in [0.15, 0.2) is 53.2 Å². The number of furan rings is 1. The number of anilines is 2. The van der Waals surface area contributed by atoms with Gasteiger partial charge < -0.3 is 18.8 Å². The van der Waals surface area contributed by atoms with E-state index in [4.69, 9.17) is 13.9 Å². The molecule has 0 fully saturated rings. The summed E-state index contributed by atoms with van der Waals surface area (Å²) < 4.78 is 54.7. The van der Waals surface area contributed by atoms with Crippen molar-refractivity contribution in [1.82, 2.24) is 4.90 Å². The summed E-state index contributed by atoms with van der Waals surface area (Å²) in [6, 6.07) is 8.86. The number of nitrogens with zero attached hydrogens (tertiary/aromatic N) is 2. The number of esters is 1. The number of hydrogen-bond acceptors (Lipinski definition) is 6. The highest BCUT2D eigenvalue weighted by Crippen LogP contribution is 2.46. The smallest absolute Gasteiger partial charge is 0.343 e. The Bertz CT molecular complexity index is 1320. The van der Waals surface area contributed by atoms with Gasteiger partial charge in [0.15, 0.2) is 0 Å². The number of carbonyl (C=O) groups excluding carboxylic acids is 1.